The van der Waals surface area contributed by atoms with Gasteiger partial charge in [-0.2, -0.15) is 0 Å². The number of esters is 3. The Morgan fingerprint density at radius 2 is 1.08 bits per heavy atom. The largest absolute Gasteiger partial charge is 0.459 e. The van der Waals surface area contributed by atoms with Gasteiger partial charge in [-0.15, -0.1) is 0 Å². The minimum Gasteiger partial charge on any atom is -0.459 e. The van der Waals surface area contributed by atoms with Crippen LogP contribution in [0, 0.1) is 11.8 Å². The van der Waals surface area contributed by atoms with Gasteiger partial charge in [0, 0.05) is 11.8 Å². The molecule has 3 aromatic rings. The molecular weight excluding hydrogens is 460 g/mol. The lowest BCUT2D eigenvalue weighted by molar-refractivity contribution is -0.248. The van der Waals surface area contributed by atoms with Crippen LogP contribution >= 0.6 is 0 Å². The van der Waals surface area contributed by atoms with Gasteiger partial charge in [-0.3, -0.25) is 0 Å². The molecule has 186 valence electrons. The summed E-state index contributed by atoms with van der Waals surface area (Å²) in [6.45, 7) is 3.57. The van der Waals surface area contributed by atoms with Crippen molar-refractivity contribution in [1.29, 1.82) is 0 Å². The maximum atomic E-state index is 12.8. The third-order valence-electron chi connectivity index (χ3n) is 6.33. The van der Waals surface area contributed by atoms with Crippen molar-refractivity contribution < 1.29 is 33.3 Å². The van der Waals surface area contributed by atoms with Crippen molar-refractivity contribution in [3.05, 3.63) is 108 Å². The van der Waals surface area contributed by atoms with Crippen molar-refractivity contribution in [2.45, 2.75) is 32.3 Å². The van der Waals surface area contributed by atoms with E-state index in [2.05, 4.69) is 0 Å². The molecule has 4 rings (SSSR count). The van der Waals surface area contributed by atoms with Gasteiger partial charge < -0.3 is 18.9 Å². The zero-order valence-electron chi connectivity index (χ0n) is 20.1. The minimum absolute atomic E-state index is 0.184. The normalized spacial score (nSPS) is 23.3. The van der Waals surface area contributed by atoms with E-state index in [1.54, 1.807) is 84.9 Å². The van der Waals surface area contributed by atoms with Gasteiger partial charge in [-0.25, -0.2) is 14.4 Å². The highest BCUT2D eigenvalue weighted by atomic mass is 16.7. The Kier molecular flexibility index (Phi) is 8.13. The predicted molar refractivity (Wildman–Crippen MR) is 131 cm³/mol. The van der Waals surface area contributed by atoms with Crippen LogP contribution in [0.3, 0.4) is 0 Å². The number of carbonyl (C=O) groups is 3. The summed E-state index contributed by atoms with van der Waals surface area (Å²) in [6.07, 6.45) is -2.49. The Bertz CT molecular complexity index is 1160. The average Bonchev–Trinajstić information content (AvgIpc) is 2.93. The molecule has 1 aliphatic rings. The standard InChI is InChI=1S/C29H28O7/c1-19-20(2)29(36-28(32)23-16-10-5-11-17-23)34-24(18-33-26(30)21-12-6-3-7-13-21)25(19)35-27(31)22-14-8-4-9-15-22/h3-17,19-20,24-25,29H,18H2,1-2H3. The number of hydrogen-bond acceptors (Lipinski definition) is 7. The summed E-state index contributed by atoms with van der Waals surface area (Å²) in [5, 5.41) is 0. The van der Waals surface area contributed by atoms with Gasteiger partial charge in [0.05, 0.1) is 16.7 Å². The quantitative estimate of drug-likeness (QED) is 0.344. The van der Waals surface area contributed by atoms with Crippen molar-refractivity contribution >= 4 is 17.9 Å². The molecule has 7 heteroatoms. The molecule has 1 aliphatic heterocycles. The lowest BCUT2D eigenvalue weighted by Gasteiger charge is -2.43. The predicted octanol–water partition coefficient (Wildman–Crippen LogP) is 4.92. The highest BCUT2D eigenvalue weighted by Crippen LogP contribution is 2.34. The second-order valence-electron chi connectivity index (χ2n) is 8.73. The SMILES string of the molecule is CC1C(OC(=O)c2ccccc2)OC(COC(=O)c2ccccc2)C(OC(=O)c2ccccc2)C1C. The van der Waals surface area contributed by atoms with Crippen LogP contribution in [-0.4, -0.2) is 43.0 Å². The van der Waals surface area contributed by atoms with Crippen LogP contribution in [0.4, 0.5) is 0 Å². The van der Waals surface area contributed by atoms with E-state index >= 15 is 0 Å². The van der Waals surface area contributed by atoms with Crippen molar-refractivity contribution in [1.82, 2.24) is 0 Å². The van der Waals surface area contributed by atoms with Gasteiger partial charge in [-0.05, 0) is 36.4 Å². The molecule has 5 atom stereocenters. The van der Waals surface area contributed by atoms with Gasteiger partial charge in [0.25, 0.3) is 0 Å². The van der Waals surface area contributed by atoms with Crippen molar-refractivity contribution in [3.63, 3.8) is 0 Å². The van der Waals surface area contributed by atoms with E-state index in [4.69, 9.17) is 18.9 Å². The van der Waals surface area contributed by atoms with Gasteiger partial charge in [-0.1, -0.05) is 68.4 Å². The lowest BCUT2D eigenvalue weighted by Crippen LogP contribution is -2.54. The third-order valence-corrected chi connectivity index (χ3v) is 6.33. The molecule has 0 amide bonds. The molecule has 36 heavy (non-hydrogen) atoms. The maximum Gasteiger partial charge on any atom is 0.340 e. The first-order valence-corrected chi connectivity index (χ1v) is 11.8. The van der Waals surface area contributed by atoms with Gasteiger partial charge >= 0.3 is 17.9 Å². The summed E-state index contributed by atoms with van der Waals surface area (Å²) in [4.78, 5) is 38.1. The van der Waals surface area contributed by atoms with E-state index in [0.717, 1.165) is 0 Å². The maximum absolute atomic E-state index is 12.8. The van der Waals surface area contributed by atoms with Gasteiger partial charge in [0.15, 0.2) is 0 Å². The molecule has 0 aliphatic carbocycles. The van der Waals surface area contributed by atoms with Crippen molar-refractivity contribution in [3.8, 4) is 0 Å². The van der Waals surface area contributed by atoms with E-state index in [1.165, 1.54) is 0 Å². The molecule has 1 fully saturated rings. The molecule has 0 aromatic heterocycles. The molecule has 1 saturated heterocycles. The fourth-order valence-corrected chi connectivity index (χ4v) is 4.04. The van der Waals surface area contributed by atoms with Gasteiger partial charge in [0.2, 0.25) is 6.29 Å². The molecule has 0 spiro atoms. The summed E-state index contributed by atoms with van der Waals surface area (Å²) >= 11 is 0. The zero-order valence-corrected chi connectivity index (χ0v) is 20.1. The van der Waals surface area contributed by atoms with E-state index in [9.17, 15) is 14.4 Å². The molecule has 0 saturated carbocycles. The topological polar surface area (TPSA) is 88.1 Å². The Labute approximate surface area is 209 Å². The molecule has 0 bridgehead atoms. The molecule has 0 radical (unpaired) electrons. The second-order valence-corrected chi connectivity index (χ2v) is 8.73. The van der Waals surface area contributed by atoms with Crippen LogP contribution in [-0.2, 0) is 18.9 Å². The summed E-state index contributed by atoms with van der Waals surface area (Å²) in [5.74, 6) is -2.13. The van der Waals surface area contributed by atoms with Gasteiger partial charge in [0.1, 0.15) is 18.8 Å². The number of carbonyl (C=O) groups excluding carboxylic acids is 3. The number of rotatable bonds is 7. The van der Waals surface area contributed by atoms with Crippen LogP contribution in [0.25, 0.3) is 0 Å². The van der Waals surface area contributed by atoms with E-state index in [-0.39, 0.29) is 18.4 Å². The summed E-state index contributed by atoms with van der Waals surface area (Å²) in [5.41, 5.74) is 1.18. The van der Waals surface area contributed by atoms with E-state index in [0.29, 0.717) is 16.7 Å². The highest BCUT2D eigenvalue weighted by molar-refractivity contribution is 5.90. The Balaban J connectivity index is 1.51. The molecule has 3 aromatic carbocycles. The molecular formula is C29H28O7. The first-order chi connectivity index (χ1) is 17.4. The number of hydrogen-bond donors (Lipinski definition) is 0. The molecule has 1 heterocycles. The van der Waals surface area contributed by atoms with Crippen LogP contribution < -0.4 is 0 Å². The zero-order chi connectivity index (χ0) is 25.5. The van der Waals surface area contributed by atoms with E-state index < -0.39 is 36.4 Å². The van der Waals surface area contributed by atoms with Crippen LogP contribution in [0.2, 0.25) is 0 Å². The number of ether oxygens (including phenoxy) is 4. The molecule has 7 nitrogen and oxygen atoms in total. The Hall–Kier alpha value is -3.97. The Morgan fingerprint density at radius 1 is 0.639 bits per heavy atom. The lowest BCUT2D eigenvalue weighted by atomic mass is 9.84. The van der Waals surface area contributed by atoms with Crippen molar-refractivity contribution in [2.24, 2.45) is 11.8 Å². The van der Waals surface area contributed by atoms with E-state index in [1.807, 2.05) is 19.9 Å². The minimum atomic E-state index is -0.917. The first-order valence-electron chi connectivity index (χ1n) is 11.8. The highest BCUT2D eigenvalue weighted by Gasteiger charge is 2.46. The second kappa shape index (κ2) is 11.6. The van der Waals surface area contributed by atoms with Crippen LogP contribution in [0.1, 0.15) is 44.9 Å². The number of benzene rings is 3. The fourth-order valence-electron chi connectivity index (χ4n) is 4.04. The fraction of sp³-hybridized carbons (Fsp3) is 0.276. The molecule has 5 unspecified atom stereocenters. The van der Waals surface area contributed by atoms with Crippen LogP contribution in [0.5, 0.6) is 0 Å². The average molecular weight is 489 g/mol. The Morgan fingerprint density at radius 3 is 1.58 bits per heavy atom. The first kappa shape index (κ1) is 25.1. The van der Waals surface area contributed by atoms with Crippen LogP contribution in [0.15, 0.2) is 91.0 Å². The summed E-state index contributed by atoms with van der Waals surface area (Å²) in [6, 6.07) is 25.8. The molecule has 0 N–H and O–H groups in total. The summed E-state index contributed by atoms with van der Waals surface area (Å²) < 4.78 is 23.1. The monoisotopic (exact) mass is 488 g/mol. The smallest absolute Gasteiger partial charge is 0.340 e. The van der Waals surface area contributed by atoms with Crippen molar-refractivity contribution in [2.75, 3.05) is 6.61 Å². The summed E-state index contributed by atoms with van der Waals surface area (Å²) in [7, 11) is 0. The third kappa shape index (κ3) is 5.98.